The second kappa shape index (κ2) is 10.5. The van der Waals surface area contributed by atoms with E-state index in [0.29, 0.717) is 35.2 Å². The number of aryl methyl sites for hydroxylation is 1. The number of ketones is 1. The first kappa shape index (κ1) is 22.3. The molecule has 0 saturated heterocycles. The standard InChI is InChI=1S/C23H28O6/c1-15(2)17-7-9-18(10-8-17)19(24)14-29-22(25)11-6-16-12-20(26-3)23(28-5)21(13-16)27-4/h7-10,12-13,15H,6,11,14H2,1-5H3. The monoisotopic (exact) mass is 400 g/mol. The first-order chi connectivity index (χ1) is 13.9. The molecule has 0 aliphatic rings. The van der Waals surface area contributed by atoms with Gasteiger partial charge in [-0.15, -0.1) is 0 Å². The van der Waals surface area contributed by atoms with Crippen molar-refractivity contribution in [3.05, 3.63) is 53.1 Å². The topological polar surface area (TPSA) is 71.1 Å². The summed E-state index contributed by atoms with van der Waals surface area (Å²) in [5.41, 5.74) is 2.53. The quantitative estimate of drug-likeness (QED) is 0.440. The van der Waals surface area contributed by atoms with Crippen LogP contribution in [0.15, 0.2) is 36.4 Å². The smallest absolute Gasteiger partial charge is 0.306 e. The minimum Gasteiger partial charge on any atom is -0.493 e. The molecule has 0 spiro atoms. The summed E-state index contributed by atoms with van der Waals surface area (Å²) in [5.74, 6) is 1.28. The van der Waals surface area contributed by atoms with Crippen molar-refractivity contribution in [2.75, 3.05) is 27.9 Å². The largest absolute Gasteiger partial charge is 0.493 e. The molecule has 0 atom stereocenters. The predicted molar refractivity (Wildman–Crippen MR) is 110 cm³/mol. The Balaban J connectivity index is 1.90. The van der Waals surface area contributed by atoms with Crippen molar-refractivity contribution in [1.82, 2.24) is 0 Å². The lowest BCUT2D eigenvalue weighted by Gasteiger charge is -2.14. The highest BCUT2D eigenvalue weighted by Gasteiger charge is 2.15. The maximum Gasteiger partial charge on any atom is 0.306 e. The molecule has 6 nitrogen and oxygen atoms in total. The van der Waals surface area contributed by atoms with Crippen LogP contribution in [0.4, 0.5) is 0 Å². The van der Waals surface area contributed by atoms with E-state index in [4.69, 9.17) is 18.9 Å². The van der Waals surface area contributed by atoms with Gasteiger partial charge in [0.15, 0.2) is 23.9 Å². The fourth-order valence-electron chi connectivity index (χ4n) is 2.88. The molecule has 156 valence electrons. The summed E-state index contributed by atoms with van der Waals surface area (Å²) in [5, 5.41) is 0. The molecule has 0 radical (unpaired) electrons. The Kier molecular flexibility index (Phi) is 8.07. The third kappa shape index (κ3) is 5.98. The van der Waals surface area contributed by atoms with E-state index in [0.717, 1.165) is 11.1 Å². The van der Waals surface area contributed by atoms with Crippen LogP contribution in [0.1, 0.15) is 47.7 Å². The lowest BCUT2D eigenvalue weighted by atomic mass is 10.0. The van der Waals surface area contributed by atoms with Crippen LogP contribution in [0.25, 0.3) is 0 Å². The summed E-state index contributed by atoms with van der Waals surface area (Å²) in [4.78, 5) is 24.3. The lowest BCUT2D eigenvalue weighted by molar-refractivity contribution is -0.142. The summed E-state index contributed by atoms with van der Waals surface area (Å²) >= 11 is 0. The molecule has 0 aliphatic heterocycles. The summed E-state index contributed by atoms with van der Waals surface area (Å²) in [6.07, 6.45) is 0.561. The van der Waals surface area contributed by atoms with Crippen molar-refractivity contribution in [3.63, 3.8) is 0 Å². The average Bonchev–Trinajstić information content (AvgIpc) is 2.74. The van der Waals surface area contributed by atoms with Gasteiger partial charge in [-0.05, 0) is 35.6 Å². The summed E-state index contributed by atoms with van der Waals surface area (Å²) in [6.45, 7) is 3.91. The van der Waals surface area contributed by atoms with Gasteiger partial charge in [-0.1, -0.05) is 38.1 Å². The zero-order valence-corrected chi connectivity index (χ0v) is 17.6. The van der Waals surface area contributed by atoms with Crippen LogP contribution in [0.2, 0.25) is 0 Å². The van der Waals surface area contributed by atoms with Gasteiger partial charge in [-0.2, -0.15) is 0 Å². The third-order valence-electron chi connectivity index (χ3n) is 4.61. The summed E-state index contributed by atoms with van der Waals surface area (Å²) in [7, 11) is 4.61. The number of benzene rings is 2. The van der Waals surface area contributed by atoms with Gasteiger partial charge in [-0.3, -0.25) is 9.59 Å². The van der Waals surface area contributed by atoms with Crippen LogP contribution in [0.3, 0.4) is 0 Å². The van der Waals surface area contributed by atoms with E-state index in [2.05, 4.69) is 13.8 Å². The maximum atomic E-state index is 12.2. The Morgan fingerprint density at radius 3 is 1.97 bits per heavy atom. The zero-order chi connectivity index (χ0) is 21.4. The van der Waals surface area contributed by atoms with Crippen molar-refractivity contribution >= 4 is 11.8 Å². The number of ether oxygens (including phenoxy) is 4. The first-order valence-corrected chi connectivity index (χ1v) is 9.47. The SMILES string of the molecule is COc1cc(CCC(=O)OCC(=O)c2ccc(C(C)C)cc2)cc(OC)c1OC. The third-order valence-corrected chi connectivity index (χ3v) is 4.61. The van der Waals surface area contributed by atoms with Crippen molar-refractivity contribution in [2.24, 2.45) is 0 Å². The number of carbonyl (C=O) groups is 2. The molecule has 0 fully saturated rings. The van der Waals surface area contributed by atoms with Crippen LogP contribution >= 0.6 is 0 Å². The Morgan fingerprint density at radius 1 is 0.897 bits per heavy atom. The molecular formula is C23H28O6. The Labute approximate surface area is 171 Å². The van der Waals surface area contributed by atoms with Crippen LogP contribution in [-0.2, 0) is 16.0 Å². The van der Waals surface area contributed by atoms with Crippen molar-refractivity contribution < 1.29 is 28.5 Å². The fraction of sp³-hybridized carbons (Fsp3) is 0.391. The molecule has 0 N–H and O–H groups in total. The van der Waals surface area contributed by atoms with Gasteiger partial charge < -0.3 is 18.9 Å². The second-order valence-corrected chi connectivity index (χ2v) is 6.89. The molecule has 2 aromatic rings. The van der Waals surface area contributed by atoms with E-state index in [1.165, 1.54) is 21.3 Å². The number of rotatable bonds is 10. The number of carbonyl (C=O) groups excluding carboxylic acids is 2. The molecule has 0 heterocycles. The molecule has 0 amide bonds. The van der Waals surface area contributed by atoms with Crippen molar-refractivity contribution in [3.8, 4) is 17.2 Å². The molecule has 0 unspecified atom stereocenters. The van der Waals surface area contributed by atoms with Gasteiger partial charge in [0.25, 0.3) is 0 Å². The van der Waals surface area contributed by atoms with Crippen LogP contribution in [-0.4, -0.2) is 39.7 Å². The highest BCUT2D eigenvalue weighted by Crippen LogP contribution is 2.38. The van der Waals surface area contributed by atoms with E-state index in [9.17, 15) is 9.59 Å². The molecule has 0 aliphatic carbocycles. The normalized spacial score (nSPS) is 10.6. The van der Waals surface area contributed by atoms with Gasteiger partial charge in [0.1, 0.15) is 0 Å². The zero-order valence-electron chi connectivity index (χ0n) is 17.6. The molecule has 29 heavy (non-hydrogen) atoms. The number of esters is 1. The highest BCUT2D eigenvalue weighted by molar-refractivity contribution is 5.97. The average molecular weight is 400 g/mol. The number of hydrogen-bond donors (Lipinski definition) is 0. The molecule has 0 aromatic heterocycles. The first-order valence-electron chi connectivity index (χ1n) is 9.47. The minimum absolute atomic E-state index is 0.137. The minimum atomic E-state index is -0.439. The molecular weight excluding hydrogens is 372 g/mol. The molecule has 0 bridgehead atoms. The van der Waals surface area contributed by atoms with E-state index in [1.807, 2.05) is 12.1 Å². The second-order valence-electron chi connectivity index (χ2n) is 6.89. The Bertz CT molecular complexity index is 814. The summed E-state index contributed by atoms with van der Waals surface area (Å²) in [6, 6.07) is 10.9. The molecule has 2 rings (SSSR count). The van der Waals surface area contributed by atoms with Crippen LogP contribution < -0.4 is 14.2 Å². The summed E-state index contributed by atoms with van der Waals surface area (Å²) < 4.78 is 21.0. The van der Waals surface area contributed by atoms with Gasteiger partial charge >= 0.3 is 5.97 Å². The van der Waals surface area contributed by atoms with Gasteiger partial charge in [-0.25, -0.2) is 0 Å². The predicted octanol–water partition coefficient (Wildman–Crippen LogP) is 4.19. The van der Waals surface area contributed by atoms with Gasteiger partial charge in [0, 0.05) is 12.0 Å². The van der Waals surface area contributed by atoms with E-state index in [1.54, 1.807) is 24.3 Å². The lowest BCUT2D eigenvalue weighted by Crippen LogP contribution is -2.14. The Morgan fingerprint density at radius 2 is 1.48 bits per heavy atom. The van der Waals surface area contributed by atoms with Crippen LogP contribution in [0, 0.1) is 0 Å². The number of hydrogen-bond acceptors (Lipinski definition) is 6. The molecule has 2 aromatic carbocycles. The fourth-order valence-corrected chi connectivity index (χ4v) is 2.88. The molecule has 6 heteroatoms. The van der Waals surface area contributed by atoms with E-state index in [-0.39, 0.29) is 18.8 Å². The highest BCUT2D eigenvalue weighted by atomic mass is 16.5. The Hall–Kier alpha value is -3.02. The van der Waals surface area contributed by atoms with Gasteiger partial charge in [0.05, 0.1) is 21.3 Å². The van der Waals surface area contributed by atoms with Crippen LogP contribution in [0.5, 0.6) is 17.2 Å². The van der Waals surface area contributed by atoms with E-state index >= 15 is 0 Å². The molecule has 0 saturated carbocycles. The van der Waals surface area contributed by atoms with Crippen molar-refractivity contribution in [1.29, 1.82) is 0 Å². The van der Waals surface area contributed by atoms with Crippen molar-refractivity contribution in [2.45, 2.75) is 32.6 Å². The van der Waals surface area contributed by atoms with Gasteiger partial charge in [0.2, 0.25) is 5.75 Å². The number of methoxy groups -OCH3 is 3. The number of Topliss-reactive ketones (excluding diaryl/α,β-unsaturated/α-hetero) is 1. The maximum absolute atomic E-state index is 12.2. The van der Waals surface area contributed by atoms with E-state index < -0.39 is 5.97 Å².